The largest absolute Gasteiger partial charge is 0.353 e. The van der Waals surface area contributed by atoms with Gasteiger partial charge in [0.25, 0.3) is 0 Å². The molecule has 0 aromatic rings. The van der Waals surface area contributed by atoms with E-state index in [4.69, 9.17) is 9.47 Å². The molecule has 0 radical (unpaired) electrons. The zero-order chi connectivity index (χ0) is 10.5. The van der Waals surface area contributed by atoms with Gasteiger partial charge in [0.2, 0.25) is 0 Å². The maximum absolute atomic E-state index is 5.92. The van der Waals surface area contributed by atoms with Crippen molar-refractivity contribution >= 4 is 0 Å². The van der Waals surface area contributed by atoms with Gasteiger partial charge in [-0.05, 0) is 32.6 Å². The Kier molecular flexibility index (Phi) is 3.98. The Hall–Kier alpha value is -0.600. The lowest BCUT2D eigenvalue weighted by atomic mass is 9.96. The fourth-order valence-electron chi connectivity index (χ4n) is 2.11. The Bertz CT molecular complexity index is 239. The van der Waals surface area contributed by atoms with Crippen molar-refractivity contribution in [3.05, 3.63) is 24.3 Å². The monoisotopic (exact) mass is 208 g/mol. The summed E-state index contributed by atoms with van der Waals surface area (Å²) in [6.07, 6.45) is 13.5. The van der Waals surface area contributed by atoms with Gasteiger partial charge in [-0.15, -0.1) is 0 Å². The normalized spacial score (nSPS) is 32.9. The van der Waals surface area contributed by atoms with Crippen molar-refractivity contribution in [1.29, 1.82) is 0 Å². The topological polar surface area (TPSA) is 18.5 Å². The molecule has 3 unspecified atom stereocenters. The van der Waals surface area contributed by atoms with Gasteiger partial charge in [-0.1, -0.05) is 24.3 Å². The minimum absolute atomic E-state index is 0.0352. The summed E-state index contributed by atoms with van der Waals surface area (Å²) >= 11 is 0. The highest BCUT2D eigenvalue weighted by molar-refractivity contribution is 5.11. The van der Waals surface area contributed by atoms with Crippen LogP contribution in [0.25, 0.3) is 0 Å². The first-order valence-electron chi connectivity index (χ1n) is 5.96. The molecule has 2 heteroatoms. The van der Waals surface area contributed by atoms with Crippen LogP contribution >= 0.6 is 0 Å². The first-order chi connectivity index (χ1) is 7.36. The van der Waals surface area contributed by atoms with Crippen LogP contribution in [0.4, 0.5) is 0 Å². The summed E-state index contributed by atoms with van der Waals surface area (Å²) < 4.78 is 11.5. The molecular formula is C13H20O2. The molecule has 0 spiro atoms. The first-order valence-corrected chi connectivity index (χ1v) is 5.96. The molecule has 3 atom stereocenters. The van der Waals surface area contributed by atoms with E-state index < -0.39 is 0 Å². The van der Waals surface area contributed by atoms with E-state index in [-0.39, 0.29) is 12.4 Å². The minimum atomic E-state index is 0.0352. The van der Waals surface area contributed by atoms with Crippen molar-refractivity contribution < 1.29 is 9.47 Å². The molecule has 1 aliphatic carbocycles. The highest BCUT2D eigenvalue weighted by Gasteiger charge is 2.21. The summed E-state index contributed by atoms with van der Waals surface area (Å²) in [6, 6.07) is 0. The summed E-state index contributed by atoms with van der Waals surface area (Å²) in [5, 5.41) is 0. The van der Waals surface area contributed by atoms with Crippen LogP contribution in [0.2, 0.25) is 0 Å². The Balaban J connectivity index is 1.77. The highest BCUT2D eigenvalue weighted by Crippen LogP contribution is 2.22. The zero-order valence-corrected chi connectivity index (χ0v) is 9.39. The van der Waals surface area contributed by atoms with Gasteiger partial charge in [0.15, 0.2) is 6.29 Å². The van der Waals surface area contributed by atoms with E-state index >= 15 is 0 Å². The minimum Gasteiger partial charge on any atom is -0.353 e. The van der Waals surface area contributed by atoms with Crippen molar-refractivity contribution in [1.82, 2.24) is 0 Å². The molecule has 1 aliphatic heterocycles. The SMILES string of the molecule is CC(OC1CCCCO1)C1C=CC=CC1. The third-order valence-corrected chi connectivity index (χ3v) is 3.12. The van der Waals surface area contributed by atoms with Crippen LogP contribution in [0.3, 0.4) is 0 Å². The molecular weight excluding hydrogens is 188 g/mol. The number of ether oxygens (including phenoxy) is 2. The maximum Gasteiger partial charge on any atom is 0.157 e. The molecule has 84 valence electrons. The highest BCUT2D eigenvalue weighted by atomic mass is 16.7. The third-order valence-electron chi connectivity index (χ3n) is 3.12. The predicted octanol–water partition coefficient (Wildman–Crippen LogP) is 3.05. The number of rotatable bonds is 3. The zero-order valence-electron chi connectivity index (χ0n) is 9.39. The van der Waals surface area contributed by atoms with Crippen LogP contribution in [0.15, 0.2) is 24.3 Å². The summed E-state index contributed by atoms with van der Waals surface area (Å²) in [4.78, 5) is 0. The van der Waals surface area contributed by atoms with Crippen LogP contribution in [-0.4, -0.2) is 19.0 Å². The van der Waals surface area contributed by atoms with Crippen molar-refractivity contribution in [2.45, 2.75) is 45.0 Å². The molecule has 15 heavy (non-hydrogen) atoms. The molecule has 0 aromatic carbocycles. The summed E-state index contributed by atoms with van der Waals surface area (Å²) in [7, 11) is 0. The second-order valence-corrected chi connectivity index (χ2v) is 4.35. The van der Waals surface area contributed by atoms with Gasteiger partial charge in [-0.25, -0.2) is 0 Å². The standard InChI is InChI=1S/C13H20O2/c1-11(12-7-3-2-4-8-12)15-13-9-5-6-10-14-13/h2-4,7,11-13H,5-6,8-10H2,1H3. The molecule has 2 aliphatic rings. The summed E-state index contributed by atoms with van der Waals surface area (Å²) in [5.74, 6) is 0.514. The van der Waals surface area contributed by atoms with Gasteiger partial charge >= 0.3 is 0 Å². The molecule has 0 aromatic heterocycles. The van der Waals surface area contributed by atoms with Crippen molar-refractivity contribution in [3.8, 4) is 0 Å². The lowest BCUT2D eigenvalue weighted by molar-refractivity contribution is -0.191. The molecule has 1 saturated heterocycles. The summed E-state index contributed by atoms with van der Waals surface area (Å²) in [6.45, 7) is 3.00. The fraction of sp³-hybridized carbons (Fsp3) is 0.692. The van der Waals surface area contributed by atoms with Crippen molar-refractivity contribution in [3.63, 3.8) is 0 Å². The third kappa shape index (κ3) is 3.18. The molecule has 1 fully saturated rings. The molecule has 1 heterocycles. The Labute approximate surface area is 92.0 Å². The lowest BCUT2D eigenvalue weighted by Crippen LogP contribution is -2.30. The number of hydrogen-bond donors (Lipinski definition) is 0. The molecule has 2 rings (SSSR count). The average molecular weight is 208 g/mol. The smallest absolute Gasteiger partial charge is 0.157 e. The fourth-order valence-corrected chi connectivity index (χ4v) is 2.11. The van der Waals surface area contributed by atoms with Crippen LogP contribution in [0.1, 0.15) is 32.6 Å². The predicted molar refractivity (Wildman–Crippen MR) is 60.5 cm³/mol. The van der Waals surface area contributed by atoms with E-state index in [0.29, 0.717) is 5.92 Å². The van der Waals surface area contributed by atoms with E-state index in [1.54, 1.807) is 0 Å². The molecule has 0 saturated carbocycles. The van der Waals surface area contributed by atoms with Gasteiger partial charge in [0, 0.05) is 12.5 Å². The van der Waals surface area contributed by atoms with Gasteiger partial charge in [-0.3, -0.25) is 0 Å². The van der Waals surface area contributed by atoms with E-state index in [1.165, 1.54) is 12.8 Å². The Morgan fingerprint density at radius 3 is 2.93 bits per heavy atom. The maximum atomic E-state index is 5.92. The lowest BCUT2D eigenvalue weighted by Gasteiger charge is -2.29. The van der Waals surface area contributed by atoms with Crippen LogP contribution in [0, 0.1) is 5.92 Å². The quantitative estimate of drug-likeness (QED) is 0.709. The Morgan fingerprint density at radius 2 is 2.27 bits per heavy atom. The second-order valence-electron chi connectivity index (χ2n) is 4.35. The van der Waals surface area contributed by atoms with Gasteiger partial charge in [0.05, 0.1) is 6.10 Å². The van der Waals surface area contributed by atoms with Crippen LogP contribution < -0.4 is 0 Å². The molecule has 0 amide bonds. The van der Waals surface area contributed by atoms with E-state index in [9.17, 15) is 0 Å². The average Bonchev–Trinajstić information content (AvgIpc) is 2.31. The van der Waals surface area contributed by atoms with Crippen molar-refractivity contribution in [2.24, 2.45) is 5.92 Å². The van der Waals surface area contributed by atoms with Gasteiger partial charge in [0.1, 0.15) is 0 Å². The molecule has 0 bridgehead atoms. The van der Waals surface area contributed by atoms with E-state index in [1.807, 2.05) is 0 Å². The van der Waals surface area contributed by atoms with E-state index in [2.05, 4.69) is 31.2 Å². The summed E-state index contributed by atoms with van der Waals surface area (Å²) in [5.41, 5.74) is 0. The van der Waals surface area contributed by atoms with Gasteiger partial charge < -0.3 is 9.47 Å². The first kappa shape index (κ1) is 10.9. The van der Waals surface area contributed by atoms with Crippen LogP contribution in [-0.2, 0) is 9.47 Å². The number of hydrogen-bond acceptors (Lipinski definition) is 2. The Morgan fingerprint density at radius 1 is 1.33 bits per heavy atom. The molecule has 0 N–H and O–H groups in total. The molecule has 2 nitrogen and oxygen atoms in total. The second kappa shape index (κ2) is 5.47. The number of allylic oxidation sites excluding steroid dienone is 3. The van der Waals surface area contributed by atoms with Crippen molar-refractivity contribution in [2.75, 3.05) is 6.61 Å². The van der Waals surface area contributed by atoms with Gasteiger partial charge in [-0.2, -0.15) is 0 Å². The van der Waals surface area contributed by atoms with Crippen LogP contribution in [0.5, 0.6) is 0 Å². The van der Waals surface area contributed by atoms with E-state index in [0.717, 1.165) is 19.4 Å².